The van der Waals surface area contributed by atoms with Crippen LogP contribution < -0.4 is 10.1 Å². The van der Waals surface area contributed by atoms with Crippen molar-refractivity contribution >= 4 is 23.4 Å². The lowest BCUT2D eigenvalue weighted by Crippen LogP contribution is -2.30. The van der Waals surface area contributed by atoms with E-state index in [1.54, 1.807) is 24.9 Å². The number of amides is 1. The third-order valence-electron chi connectivity index (χ3n) is 3.48. The van der Waals surface area contributed by atoms with E-state index in [2.05, 4.69) is 5.32 Å². The third-order valence-corrected chi connectivity index (χ3v) is 4.27. The molecule has 0 aromatic heterocycles. The number of thioether (sulfide) groups is 1. The van der Waals surface area contributed by atoms with Gasteiger partial charge < -0.3 is 10.1 Å². The molecule has 2 aromatic rings. The van der Waals surface area contributed by atoms with Crippen LogP contribution in [-0.2, 0) is 11.3 Å². The lowest BCUT2D eigenvalue weighted by atomic mass is 10.2. The van der Waals surface area contributed by atoms with E-state index >= 15 is 0 Å². The van der Waals surface area contributed by atoms with Gasteiger partial charge in [-0.2, -0.15) is 0 Å². The van der Waals surface area contributed by atoms with Gasteiger partial charge in [0.2, 0.25) is 5.91 Å². The van der Waals surface area contributed by atoms with Gasteiger partial charge in [0.15, 0.2) is 0 Å². The Morgan fingerprint density at radius 3 is 2.75 bits per heavy atom. The first-order valence-corrected chi connectivity index (χ1v) is 8.69. The SMILES string of the molecule is COc1ccc(F)cc1CN(C)CC(=O)Nc1ccccc1SC. The molecule has 2 aromatic carbocycles. The third kappa shape index (κ3) is 4.97. The molecule has 0 fully saturated rings. The van der Waals surface area contributed by atoms with E-state index in [0.717, 1.165) is 10.6 Å². The van der Waals surface area contributed by atoms with Crippen molar-refractivity contribution in [3.05, 3.63) is 53.8 Å². The highest BCUT2D eigenvalue weighted by Gasteiger charge is 2.12. The van der Waals surface area contributed by atoms with Gasteiger partial charge in [0.25, 0.3) is 0 Å². The summed E-state index contributed by atoms with van der Waals surface area (Å²) in [6, 6.07) is 12.0. The van der Waals surface area contributed by atoms with Crippen LogP contribution in [0, 0.1) is 5.82 Å². The smallest absolute Gasteiger partial charge is 0.238 e. The van der Waals surface area contributed by atoms with Crippen LogP contribution in [-0.4, -0.2) is 37.8 Å². The van der Waals surface area contributed by atoms with Crippen molar-refractivity contribution in [3.8, 4) is 5.75 Å². The van der Waals surface area contributed by atoms with Gasteiger partial charge in [-0.1, -0.05) is 12.1 Å². The van der Waals surface area contributed by atoms with E-state index in [1.807, 2.05) is 42.5 Å². The van der Waals surface area contributed by atoms with Crippen molar-refractivity contribution in [3.63, 3.8) is 0 Å². The topological polar surface area (TPSA) is 41.6 Å². The van der Waals surface area contributed by atoms with Crippen molar-refractivity contribution in [2.24, 2.45) is 0 Å². The first kappa shape index (κ1) is 18.3. The molecule has 0 aliphatic rings. The Balaban J connectivity index is 1.98. The number of carbonyl (C=O) groups is 1. The summed E-state index contributed by atoms with van der Waals surface area (Å²) in [5.41, 5.74) is 1.50. The van der Waals surface area contributed by atoms with Crippen molar-refractivity contribution in [1.82, 2.24) is 4.90 Å². The van der Waals surface area contributed by atoms with Gasteiger partial charge in [-0.05, 0) is 43.6 Å². The second-order valence-corrected chi connectivity index (χ2v) is 6.22. The Kier molecular flexibility index (Phi) is 6.63. The number of methoxy groups -OCH3 is 1. The predicted octanol–water partition coefficient (Wildman–Crippen LogP) is 3.63. The predicted molar refractivity (Wildman–Crippen MR) is 96.1 cm³/mol. The maximum absolute atomic E-state index is 13.4. The molecule has 0 atom stereocenters. The summed E-state index contributed by atoms with van der Waals surface area (Å²) in [6.07, 6.45) is 1.97. The standard InChI is InChI=1S/C18H21FN2O2S/c1-21(11-13-10-14(19)8-9-16(13)23-2)12-18(22)20-15-6-4-5-7-17(15)24-3/h4-10H,11-12H2,1-3H3,(H,20,22). The Morgan fingerprint density at radius 2 is 2.04 bits per heavy atom. The maximum Gasteiger partial charge on any atom is 0.238 e. The molecule has 4 nitrogen and oxygen atoms in total. The molecule has 0 saturated heterocycles. The lowest BCUT2D eigenvalue weighted by molar-refractivity contribution is -0.117. The van der Waals surface area contributed by atoms with Crippen LogP contribution in [0.5, 0.6) is 5.75 Å². The summed E-state index contributed by atoms with van der Waals surface area (Å²) >= 11 is 1.58. The zero-order valence-electron chi connectivity index (χ0n) is 14.0. The maximum atomic E-state index is 13.4. The molecule has 128 valence electrons. The molecule has 0 spiro atoms. The van der Waals surface area contributed by atoms with Gasteiger partial charge >= 0.3 is 0 Å². The number of benzene rings is 2. The van der Waals surface area contributed by atoms with Crippen molar-refractivity contribution in [1.29, 1.82) is 0 Å². The number of likely N-dealkylation sites (N-methyl/N-ethyl adjacent to an activating group) is 1. The van der Waals surface area contributed by atoms with Gasteiger partial charge in [0, 0.05) is 17.0 Å². The van der Waals surface area contributed by atoms with Crippen molar-refractivity contribution in [2.75, 3.05) is 32.3 Å². The minimum absolute atomic E-state index is 0.116. The number of hydrogen-bond acceptors (Lipinski definition) is 4. The van der Waals surface area contributed by atoms with Crippen LogP contribution in [0.1, 0.15) is 5.56 Å². The number of halogens is 1. The van der Waals surface area contributed by atoms with Crippen molar-refractivity contribution in [2.45, 2.75) is 11.4 Å². The minimum Gasteiger partial charge on any atom is -0.496 e. The normalized spacial score (nSPS) is 10.7. The van der Waals surface area contributed by atoms with E-state index in [4.69, 9.17) is 4.74 Å². The molecule has 0 radical (unpaired) electrons. The number of nitrogens with one attached hydrogen (secondary N) is 1. The van der Waals surface area contributed by atoms with Crippen LogP contribution in [0.15, 0.2) is 47.4 Å². The molecule has 0 aliphatic carbocycles. The van der Waals surface area contributed by atoms with Crippen LogP contribution in [0.2, 0.25) is 0 Å². The highest BCUT2D eigenvalue weighted by atomic mass is 32.2. The van der Waals surface area contributed by atoms with E-state index in [0.29, 0.717) is 17.9 Å². The minimum atomic E-state index is -0.322. The Bertz CT molecular complexity index is 709. The molecule has 6 heteroatoms. The molecular formula is C18H21FN2O2S. The fraction of sp³-hybridized carbons (Fsp3) is 0.278. The Hall–Kier alpha value is -2.05. The molecule has 2 rings (SSSR count). The lowest BCUT2D eigenvalue weighted by Gasteiger charge is -2.18. The van der Waals surface area contributed by atoms with E-state index < -0.39 is 0 Å². The molecular weight excluding hydrogens is 327 g/mol. The molecule has 1 amide bonds. The molecule has 0 unspecified atom stereocenters. The first-order valence-electron chi connectivity index (χ1n) is 7.47. The zero-order valence-corrected chi connectivity index (χ0v) is 14.8. The quantitative estimate of drug-likeness (QED) is 0.776. The Morgan fingerprint density at radius 1 is 1.29 bits per heavy atom. The Labute approximate surface area is 146 Å². The number of nitrogens with zero attached hydrogens (tertiary/aromatic N) is 1. The van der Waals surface area contributed by atoms with Gasteiger partial charge in [0.1, 0.15) is 11.6 Å². The van der Waals surface area contributed by atoms with Gasteiger partial charge in [-0.15, -0.1) is 11.8 Å². The summed E-state index contributed by atoms with van der Waals surface area (Å²) in [6.45, 7) is 0.612. The molecule has 0 aliphatic heterocycles. The van der Waals surface area contributed by atoms with Gasteiger partial charge in [0.05, 0.1) is 19.3 Å². The highest BCUT2D eigenvalue weighted by Crippen LogP contribution is 2.24. The van der Waals surface area contributed by atoms with Crippen LogP contribution in [0.25, 0.3) is 0 Å². The molecule has 1 N–H and O–H groups in total. The van der Waals surface area contributed by atoms with E-state index in [9.17, 15) is 9.18 Å². The van der Waals surface area contributed by atoms with E-state index in [1.165, 1.54) is 12.1 Å². The second-order valence-electron chi connectivity index (χ2n) is 5.38. The van der Waals surface area contributed by atoms with E-state index in [-0.39, 0.29) is 18.3 Å². The van der Waals surface area contributed by atoms with Crippen LogP contribution >= 0.6 is 11.8 Å². The average molecular weight is 348 g/mol. The first-order chi connectivity index (χ1) is 11.5. The molecule has 24 heavy (non-hydrogen) atoms. The van der Waals surface area contributed by atoms with Gasteiger partial charge in [-0.25, -0.2) is 4.39 Å². The number of hydrogen-bond donors (Lipinski definition) is 1. The summed E-state index contributed by atoms with van der Waals surface area (Å²) in [4.78, 5) is 15.1. The summed E-state index contributed by atoms with van der Waals surface area (Å²) < 4.78 is 18.6. The van der Waals surface area contributed by atoms with Gasteiger partial charge in [-0.3, -0.25) is 9.69 Å². The fourth-order valence-corrected chi connectivity index (χ4v) is 2.95. The average Bonchev–Trinajstić information content (AvgIpc) is 2.55. The highest BCUT2D eigenvalue weighted by molar-refractivity contribution is 7.98. The fourth-order valence-electron chi connectivity index (χ4n) is 2.40. The zero-order chi connectivity index (χ0) is 17.5. The number of anilines is 1. The molecule has 0 bridgehead atoms. The van der Waals surface area contributed by atoms with Crippen LogP contribution in [0.4, 0.5) is 10.1 Å². The summed E-state index contributed by atoms with van der Waals surface area (Å²) in [5.74, 6) is 0.170. The number of ether oxygens (including phenoxy) is 1. The summed E-state index contributed by atoms with van der Waals surface area (Å²) in [7, 11) is 3.35. The monoisotopic (exact) mass is 348 g/mol. The number of carbonyl (C=O) groups excluding carboxylic acids is 1. The molecule has 0 heterocycles. The summed E-state index contributed by atoms with van der Waals surface area (Å²) in [5, 5.41) is 2.91. The number of para-hydroxylation sites is 1. The van der Waals surface area contributed by atoms with Crippen LogP contribution in [0.3, 0.4) is 0 Å². The number of rotatable bonds is 7. The second kappa shape index (κ2) is 8.70. The largest absolute Gasteiger partial charge is 0.496 e. The van der Waals surface area contributed by atoms with Crippen molar-refractivity contribution < 1.29 is 13.9 Å². The molecule has 0 saturated carbocycles.